The molecule has 184 valence electrons. The molecular weight excluding hydrogens is 464 g/mol. The number of ether oxygens (including phenoxy) is 1. The Kier molecular flexibility index (Phi) is 7.00. The number of rotatable bonds is 5. The summed E-state index contributed by atoms with van der Waals surface area (Å²) in [7, 11) is 0. The zero-order valence-corrected chi connectivity index (χ0v) is 20.3. The first-order chi connectivity index (χ1) is 17.0. The van der Waals surface area contributed by atoms with E-state index in [1.807, 2.05) is 24.3 Å². The highest BCUT2D eigenvalue weighted by Gasteiger charge is 2.41. The molecule has 2 unspecified atom stereocenters. The summed E-state index contributed by atoms with van der Waals surface area (Å²) in [6, 6.07) is 15.2. The summed E-state index contributed by atoms with van der Waals surface area (Å²) in [5.74, 6) is -0.829. The number of nitrogens with zero attached hydrogens (tertiary/aromatic N) is 1. The molecule has 2 N–H and O–H groups in total. The zero-order chi connectivity index (χ0) is 24.4. The highest BCUT2D eigenvalue weighted by atomic mass is 32.2. The molecule has 0 aromatic heterocycles. The second kappa shape index (κ2) is 10.3. The average molecular weight is 495 g/mol. The molecular formula is C27H30N2O5S. The number of aliphatic carboxylic acids is 1. The summed E-state index contributed by atoms with van der Waals surface area (Å²) < 4.78 is 5.72. The summed E-state index contributed by atoms with van der Waals surface area (Å²) in [6.07, 6.45) is 3.58. The van der Waals surface area contributed by atoms with Crippen LogP contribution >= 0.6 is 11.8 Å². The lowest BCUT2D eigenvalue weighted by atomic mass is 9.93. The molecule has 0 radical (unpaired) electrons. The number of carbonyl (C=O) groups is 3. The SMILES string of the molecule is O=C(NC1CCCCCC1C(=O)N1CSC[C@H]1C(=O)O)OCC1c2ccccc2-c2ccccc21. The standard InChI is InChI=1S/C27H30N2O5S/c30-25(29-16-35-15-24(29)26(31)32)21-12-2-1-3-13-23(21)28-27(33)34-14-22-19-10-6-4-8-17(19)18-9-5-7-11-20(18)22/h4-11,21-24H,1-3,12-16H2,(H,28,33)(H,31,32)/t21?,23?,24-/m0/s1. The van der Waals surface area contributed by atoms with Crippen molar-refractivity contribution in [3.63, 3.8) is 0 Å². The molecule has 0 bridgehead atoms. The van der Waals surface area contributed by atoms with Crippen LogP contribution in [0.1, 0.15) is 49.1 Å². The fourth-order valence-corrected chi connectivity index (χ4v) is 6.80. The van der Waals surface area contributed by atoms with Gasteiger partial charge < -0.3 is 20.1 Å². The fraction of sp³-hybridized carbons (Fsp3) is 0.444. The average Bonchev–Trinajstić information content (AvgIpc) is 3.40. The molecule has 35 heavy (non-hydrogen) atoms. The molecule has 8 heteroatoms. The van der Waals surface area contributed by atoms with Gasteiger partial charge in [-0.3, -0.25) is 4.79 Å². The van der Waals surface area contributed by atoms with Gasteiger partial charge in [0.25, 0.3) is 0 Å². The van der Waals surface area contributed by atoms with Crippen molar-refractivity contribution < 1.29 is 24.2 Å². The molecule has 7 nitrogen and oxygen atoms in total. The second-order valence-electron chi connectivity index (χ2n) is 9.48. The van der Waals surface area contributed by atoms with E-state index in [9.17, 15) is 19.5 Å². The molecule has 2 aromatic carbocycles. The van der Waals surface area contributed by atoms with Gasteiger partial charge in [0.2, 0.25) is 5.91 Å². The second-order valence-corrected chi connectivity index (χ2v) is 10.5. The van der Waals surface area contributed by atoms with E-state index in [1.165, 1.54) is 27.8 Å². The van der Waals surface area contributed by atoms with E-state index in [0.29, 0.717) is 24.5 Å². The topological polar surface area (TPSA) is 95.9 Å². The van der Waals surface area contributed by atoms with Crippen molar-refractivity contribution >= 4 is 29.7 Å². The summed E-state index contributed by atoms with van der Waals surface area (Å²) in [6.45, 7) is 0.217. The van der Waals surface area contributed by atoms with E-state index in [0.717, 1.165) is 30.4 Å². The Labute approximate surface area is 209 Å². The van der Waals surface area contributed by atoms with Crippen LogP contribution in [-0.4, -0.2) is 58.3 Å². The van der Waals surface area contributed by atoms with Crippen molar-refractivity contribution in [3.05, 3.63) is 59.7 Å². The van der Waals surface area contributed by atoms with Crippen molar-refractivity contribution in [2.75, 3.05) is 18.2 Å². The number of amides is 2. The van der Waals surface area contributed by atoms with Gasteiger partial charge in [0.15, 0.2) is 0 Å². The van der Waals surface area contributed by atoms with Gasteiger partial charge in [0, 0.05) is 17.7 Å². The third-order valence-corrected chi connectivity index (χ3v) is 8.44. The van der Waals surface area contributed by atoms with Crippen LogP contribution in [-0.2, 0) is 14.3 Å². The maximum atomic E-state index is 13.4. The lowest BCUT2D eigenvalue weighted by molar-refractivity contribution is -0.150. The Morgan fingerprint density at radius 1 is 0.971 bits per heavy atom. The molecule has 0 spiro atoms. The van der Waals surface area contributed by atoms with Gasteiger partial charge in [-0.2, -0.15) is 0 Å². The number of hydrogen-bond acceptors (Lipinski definition) is 5. The van der Waals surface area contributed by atoms with E-state index in [4.69, 9.17) is 4.74 Å². The third-order valence-electron chi connectivity index (χ3n) is 7.43. The van der Waals surface area contributed by atoms with Crippen LogP contribution < -0.4 is 5.32 Å². The molecule has 3 atom stereocenters. The summed E-state index contributed by atoms with van der Waals surface area (Å²) >= 11 is 1.45. The van der Waals surface area contributed by atoms with Gasteiger partial charge in [-0.25, -0.2) is 9.59 Å². The van der Waals surface area contributed by atoms with Crippen LogP contribution in [0.25, 0.3) is 11.1 Å². The van der Waals surface area contributed by atoms with Crippen molar-refractivity contribution in [2.24, 2.45) is 5.92 Å². The van der Waals surface area contributed by atoms with Gasteiger partial charge in [0.1, 0.15) is 12.6 Å². The van der Waals surface area contributed by atoms with Crippen LogP contribution in [0.5, 0.6) is 0 Å². The Morgan fingerprint density at radius 2 is 1.63 bits per heavy atom. The van der Waals surface area contributed by atoms with Crippen LogP contribution in [0, 0.1) is 5.92 Å². The lowest BCUT2D eigenvalue weighted by Gasteiger charge is -2.30. The number of carboxylic acid groups (broad SMARTS) is 1. The molecule has 1 saturated heterocycles. The van der Waals surface area contributed by atoms with Crippen molar-refractivity contribution in [1.82, 2.24) is 10.2 Å². The van der Waals surface area contributed by atoms with Gasteiger partial charge in [-0.1, -0.05) is 67.8 Å². The van der Waals surface area contributed by atoms with E-state index in [2.05, 4.69) is 29.6 Å². The molecule has 1 heterocycles. The van der Waals surface area contributed by atoms with Crippen LogP contribution in [0.4, 0.5) is 4.79 Å². The molecule has 2 aliphatic carbocycles. The molecule has 2 amide bonds. The summed E-state index contributed by atoms with van der Waals surface area (Å²) in [5.41, 5.74) is 4.64. The number of carbonyl (C=O) groups excluding carboxylic acids is 2. The molecule has 1 aliphatic heterocycles. The number of benzene rings is 2. The first-order valence-electron chi connectivity index (χ1n) is 12.3. The van der Waals surface area contributed by atoms with E-state index in [-0.39, 0.29) is 24.5 Å². The smallest absolute Gasteiger partial charge is 0.407 e. The van der Waals surface area contributed by atoms with Crippen molar-refractivity contribution in [3.8, 4) is 11.1 Å². The molecule has 2 fully saturated rings. The van der Waals surface area contributed by atoms with Crippen molar-refractivity contribution in [1.29, 1.82) is 0 Å². The Bertz CT molecular complexity index is 1080. The Morgan fingerprint density at radius 3 is 2.31 bits per heavy atom. The van der Waals surface area contributed by atoms with E-state index >= 15 is 0 Å². The quantitative estimate of drug-likeness (QED) is 0.596. The predicted molar refractivity (Wildman–Crippen MR) is 134 cm³/mol. The van der Waals surface area contributed by atoms with Crippen LogP contribution in [0.2, 0.25) is 0 Å². The lowest BCUT2D eigenvalue weighted by Crippen LogP contribution is -2.51. The molecule has 2 aromatic rings. The van der Waals surface area contributed by atoms with Crippen LogP contribution in [0.15, 0.2) is 48.5 Å². The maximum absolute atomic E-state index is 13.4. The maximum Gasteiger partial charge on any atom is 0.407 e. The number of carboxylic acids is 1. The predicted octanol–water partition coefficient (Wildman–Crippen LogP) is 4.46. The molecule has 1 saturated carbocycles. The van der Waals surface area contributed by atoms with Gasteiger partial charge in [0.05, 0.1) is 11.8 Å². The minimum Gasteiger partial charge on any atom is -0.480 e. The molecule has 5 rings (SSSR count). The van der Waals surface area contributed by atoms with Crippen molar-refractivity contribution in [2.45, 2.75) is 50.1 Å². The first kappa shape index (κ1) is 23.7. The fourth-order valence-electron chi connectivity index (χ4n) is 5.64. The van der Waals surface area contributed by atoms with Gasteiger partial charge in [-0.05, 0) is 35.1 Å². The minimum absolute atomic E-state index is 0.0299. The Balaban J connectivity index is 1.26. The summed E-state index contributed by atoms with van der Waals surface area (Å²) in [4.78, 5) is 39.4. The third kappa shape index (κ3) is 4.76. The van der Waals surface area contributed by atoms with Gasteiger partial charge in [-0.15, -0.1) is 11.8 Å². The first-order valence-corrected chi connectivity index (χ1v) is 13.4. The van der Waals surface area contributed by atoms with Gasteiger partial charge >= 0.3 is 12.1 Å². The molecule has 3 aliphatic rings. The highest BCUT2D eigenvalue weighted by molar-refractivity contribution is 7.99. The van der Waals surface area contributed by atoms with E-state index in [1.54, 1.807) is 0 Å². The zero-order valence-electron chi connectivity index (χ0n) is 19.5. The largest absolute Gasteiger partial charge is 0.480 e. The van der Waals surface area contributed by atoms with Crippen LogP contribution in [0.3, 0.4) is 0 Å². The minimum atomic E-state index is -0.974. The number of hydrogen-bond donors (Lipinski definition) is 2. The Hall–Kier alpha value is -3.00. The normalized spacial score (nSPS) is 23.8. The summed E-state index contributed by atoms with van der Waals surface area (Å²) in [5, 5.41) is 12.5. The number of nitrogens with one attached hydrogen (secondary N) is 1. The van der Waals surface area contributed by atoms with E-state index < -0.39 is 24.0 Å². The number of alkyl carbamates (subject to hydrolysis) is 1. The number of fused-ring (bicyclic) bond motifs is 3. The monoisotopic (exact) mass is 494 g/mol. The number of thioether (sulfide) groups is 1. The highest BCUT2D eigenvalue weighted by Crippen LogP contribution is 2.44.